The predicted molar refractivity (Wildman–Crippen MR) is 84.7 cm³/mol. The fraction of sp³-hybridized carbons (Fsp3) is 0.722. The molecule has 1 N–H and O–H groups in total. The third-order valence-corrected chi connectivity index (χ3v) is 3.85. The molecule has 0 atom stereocenters. The summed E-state index contributed by atoms with van der Waals surface area (Å²) in [5.41, 5.74) is 1.47. The van der Waals surface area contributed by atoms with Crippen LogP contribution in [0.15, 0.2) is 24.4 Å². The highest BCUT2D eigenvalue weighted by molar-refractivity contribution is 4.97. The first kappa shape index (κ1) is 20.4. The zero-order valence-corrected chi connectivity index (χ0v) is 14.3. The van der Waals surface area contributed by atoms with Crippen molar-refractivity contribution in [1.29, 1.82) is 0 Å². The molecule has 0 amide bonds. The summed E-state index contributed by atoms with van der Waals surface area (Å²) < 4.78 is 2.42. The molecule has 1 aromatic heterocycles. The number of aromatic nitrogens is 1. The minimum Gasteiger partial charge on any atom is -1.00 e. The highest BCUT2D eigenvalue weighted by Crippen LogP contribution is 2.08. The van der Waals surface area contributed by atoms with E-state index in [1.165, 1.54) is 70.0 Å². The lowest BCUT2D eigenvalue weighted by atomic mass is 10.1. The predicted octanol–water partition coefficient (Wildman–Crippen LogP) is 1.04. The van der Waals surface area contributed by atoms with Gasteiger partial charge in [-0.1, -0.05) is 45.1 Å². The molecule has 1 aromatic rings. The maximum Gasteiger partial charge on any atom is 0.181 e. The third-order valence-electron chi connectivity index (χ3n) is 3.85. The summed E-state index contributed by atoms with van der Waals surface area (Å²) in [7, 11) is 0. The largest absolute Gasteiger partial charge is 1.00 e. The first-order chi connectivity index (χ1) is 9.88. The number of hydrogen-bond acceptors (Lipinski definition) is 1. The molecule has 2 nitrogen and oxygen atoms in total. The zero-order chi connectivity index (χ0) is 14.5. The van der Waals surface area contributed by atoms with E-state index in [9.17, 15) is 0 Å². The number of unbranched alkanes of at least 4 members (excludes halogenated alkanes) is 7. The number of hydrogen-bond donors (Lipinski definition) is 1. The quantitative estimate of drug-likeness (QED) is 0.452. The van der Waals surface area contributed by atoms with Gasteiger partial charge in [0.15, 0.2) is 11.9 Å². The van der Waals surface area contributed by atoms with E-state index in [2.05, 4.69) is 35.9 Å². The first-order valence-electron chi connectivity index (χ1n) is 8.46. The van der Waals surface area contributed by atoms with Crippen LogP contribution in [0.3, 0.4) is 0 Å². The van der Waals surface area contributed by atoms with Gasteiger partial charge in [-0.05, 0) is 19.3 Å². The number of rotatable bonds is 12. The summed E-state index contributed by atoms with van der Waals surface area (Å²) in [5, 5.41) is 8.71. The summed E-state index contributed by atoms with van der Waals surface area (Å²) in [4.78, 5) is 0. The van der Waals surface area contributed by atoms with Gasteiger partial charge >= 0.3 is 0 Å². The number of aryl methyl sites for hydroxylation is 2. The molecule has 0 aliphatic heterocycles. The van der Waals surface area contributed by atoms with Crippen molar-refractivity contribution in [1.82, 2.24) is 0 Å². The monoisotopic (exact) mass is 313 g/mol. The average Bonchev–Trinajstić information content (AvgIpc) is 2.47. The van der Waals surface area contributed by atoms with Crippen LogP contribution in [0.5, 0.6) is 0 Å². The van der Waals surface area contributed by atoms with Gasteiger partial charge in [0.05, 0.1) is 0 Å². The highest BCUT2D eigenvalue weighted by atomic mass is 35.5. The summed E-state index contributed by atoms with van der Waals surface area (Å²) in [6.45, 7) is 3.77. The standard InChI is InChI=1S/C18H32NO.ClH/c1-2-13-18-14-9-11-16-19(18)15-10-7-5-3-4-6-8-12-17-20;/h9,11,14,16,20H,2-8,10,12-13,15,17H2,1H3;1H/q+1;/p-1. The van der Waals surface area contributed by atoms with Gasteiger partial charge in [0.1, 0.15) is 6.54 Å². The Hall–Kier alpha value is -0.600. The maximum atomic E-state index is 8.71. The van der Waals surface area contributed by atoms with Crippen LogP contribution in [-0.4, -0.2) is 11.7 Å². The molecule has 0 aliphatic carbocycles. The minimum absolute atomic E-state index is 0. The molecule has 0 aliphatic rings. The molecule has 0 aromatic carbocycles. The highest BCUT2D eigenvalue weighted by Gasteiger charge is 2.07. The fourth-order valence-corrected chi connectivity index (χ4v) is 2.67. The van der Waals surface area contributed by atoms with Crippen molar-refractivity contribution in [3.63, 3.8) is 0 Å². The number of nitrogens with zero attached hydrogens (tertiary/aromatic N) is 1. The SMILES string of the molecule is CCCc1cccc[n+]1CCCCCCCCCCO.[Cl-]. The Kier molecular flexibility index (Phi) is 13.9. The van der Waals surface area contributed by atoms with Crippen molar-refractivity contribution in [3.8, 4) is 0 Å². The lowest BCUT2D eigenvalue weighted by Crippen LogP contribution is -3.00. The molecule has 0 bridgehead atoms. The molecule has 0 radical (unpaired) electrons. The van der Waals surface area contributed by atoms with Gasteiger partial charge in [0.2, 0.25) is 0 Å². The molecule has 0 saturated carbocycles. The van der Waals surface area contributed by atoms with Gasteiger partial charge in [-0.2, -0.15) is 0 Å². The van der Waals surface area contributed by atoms with Crippen molar-refractivity contribution in [2.24, 2.45) is 0 Å². The minimum atomic E-state index is 0. The van der Waals surface area contributed by atoms with Crippen LogP contribution in [0.4, 0.5) is 0 Å². The van der Waals surface area contributed by atoms with E-state index in [1.54, 1.807) is 0 Å². The molecule has 21 heavy (non-hydrogen) atoms. The lowest BCUT2D eigenvalue weighted by Gasteiger charge is -2.03. The molecule has 0 unspecified atom stereocenters. The molecule has 1 heterocycles. The van der Waals surface area contributed by atoms with Gasteiger partial charge in [0.25, 0.3) is 0 Å². The van der Waals surface area contributed by atoms with Crippen molar-refractivity contribution in [3.05, 3.63) is 30.1 Å². The van der Waals surface area contributed by atoms with Crippen LogP contribution in [-0.2, 0) is 13.0 Å². The van der Waals surface area contributed by atoms with Gasteiger partial charge in [-0.25, -0.2) is 4.57 Å². The van der Waals surface area contributed by atoms with E-state index in [-0.39, 0.29) is 12.4 Å². The second kappa shape index (κ2) is 14.3. The summed E-state index contributed by atoms with van der Waals surface area (Å²) >= 11 is 0. The Morgan fingerprint density at radius 3 is 2.14 bits per heavy atom. The van der Waals surface area contributed by atoms with E-state index < -0.39 is 0 Å². The normalized spacial score (nSPS) is 10.4. The lowest BCUT2D eigenvalue weighted by molar-refractivity contribution is -0.704. The number of pyridine rings is 1. The van der Waals surface area contributed by atoms with Crippen LogP contribution in [0.2, 0.25) is 0 Å². The second-order valence-corrected chi connectivity index (χ2v) is 5.69. The Balaban J connectivity index is 0.00000400. The van der Waals surface area contributed by atoms with Crippen LogP contribution in [0.25, 0.3) is 0 Å². The Morgan fingerprint density at radius 2 is 1.52 bits per heavy atom. The first-order valence-corrected chi connectivity index (χ1v) is 8.46. The number of aliphatic hydroxyl groups is 1. The van der Waals surface area contributed by atoms with Crippen molar-refractivity contribution in [2.75, 3.05) is 6.61 Å². The van der Waals surface area contributed by atoms with Gasteiger partial charge in [0, 0.05) is 31.6 Å². The van der Waals surface area contributed by atoms with E-state index in [0.717, 1.165) is 6.42 Å². The Labute approximate surface area is 137 Å². The third kappa shape index (κ3) is 9.87. The second-order valence-electron chi connectivity index (χ2n) is 5.69. The van der Waals surface area contributed by atoms with Gasteiger partial charge < -0.3 is 17.5 Å². The number of aliphatic hydroxyl groups excluding tert-OH is 1. The zero-order valence-electron chi connectivity index (χ0n) is 13.6. The van der Waals surface area contributed by atoms with Crippen LogP contribution >= 0.6 is 0 Å². The van der Waals surface area contributed by atoms with Gasteiger partial charge in [-0.15, -0.1) is 0 Å². The number of halogens is 1. The van der Waals surface area contributed by atoms with Crippen molar-refractivity contribution >= 4 is 0 Å². The smallest absolute Gasteiger partial charge is 0.181 e. The van der Waals surface area contributed by atoms with Gasteiger partial charge in [-0.3, -0.25) is 0 Å². The molecule has 122 valence electrons. The van der Waals surface area contributed by atoms with Crippen molar-refractivity contribution < 1.29 is 22.1 Å². The molecule has 3 heteroatoms. The Bertz CT molecular complexity index is 344. The molecular formula is C18H32ClNO. The van der Waals surface area contributed by atoms with E-state index >= 15 is 0 Å². The van der Waals surface area contributed by atoms with Crippen LogP contribution in [0.1, 0.15) is 70.4 Å². The fourth-order valence-electron chi connectivity index (χ4n) is 2.67. The van der Waals surface area contributed by atoms with Crippen molar-refractivity contribution in [2.45, 2.75) is 77.7 Å². The molecular weight excluding hydrogens is 282 g/mol. The molecule has 1 rings (SSSR count). The van der Waals surface area contributed by atoms with E-state index in [4.69, 9.17) is 5.11 Å². The average molecular weight is 314 g/mol. The summed E-state index contributed by atoms with van der Waals surface area (Å²) in [5.74, 6) is 0. The topological polar surface area (TPSA) is 24.1 Å². The molecule has 0 fully saturated rings. The molecule has 0 spiro atoms. The summed E-state index contributed by atoms with van der Waals surface area (Å²) in [6.07, 6.45) is 14.8. The van der Waals surface area contributed by atoms with E-state index in [1.807, 2.05) is 0 Å². The van der Waals surface area contributed by atoms with Crippen LogP contribution in [0, 0.1) is 0 Å². The Morgan fingerprint density at radius 1 is 0.905 bits per heavy atom. The summed E-state index contributed by atoms with van der Waals surface area (Å²) in [6, 6.07) is 6.54. The van der Waals surface area contributed by atoms with E-state index in [0.29, 0.717) is 6.61 Å². The maximum absolute atomic E-state index is 8.71. The van der Waals surface area contributed by atoms with Crippen LogP contribution < -0.4 is 17.0 Å². The molecule has 0 saturated heterocycles.